The van der Waals surface area contributed by atoms with Gasteiger partial charge in [0.05, 0.1) is 14.2 Å². The molecule has 1 aromatic carbocycles. The van der Waals surface area contributed by atoms with Crippen LogP contribution in [0.1, 0.15) is 31.2 Å². The van der Waals surface area contributed by atoms with Crippen LogP contribution in [0.3, 0.4) is 0 Å². The molecule has 2 aliphatic heterocycles. The Kier molecular flexibility index (Phi) is 4.68. The molecule has 1 atom stereocenters. The third-order valence-electron chi connectivity index (χ3n) is 5.15. The van der Waals surface area contributed by atoms with Gasteiger partial charge in [-0.05, 0) is 44.2 Å². The summed E-state index contributed by atoms with van der Waals surface area (Å²) in [5.74, 6) is 0.537. The summed E-state index contributed by atoms with van der Waals surface area (Å²) >= 11 is 0. The molecule has 7 nitrogen and oxygen atoms in total. The number of aryl methyl sites for hydroxylation is 1. The van der Waals surface area contributed by atoms with Crippen molar-refractivity contribution in [1.29, 1.82) is 0 Å². The standard InChI is InChI=1S/C17H24N2O5S/c1-12-10-14(24-3)15(11-13(12)23-2)25(21,22)19-9-5-7-17(19)6-4-8-18-16(17)20/h10-11H,4-9H2,1-3H3,(H,18,20). The number of rotatable bonds is 4. The molecule has 2 saturated heterocycles. The number of ether oxygens (including phenoxy) is 2. The molecule has 0 radical (unpaired) electrons. The summed E-state index contributed by atoms with van der Waals surface area (Å²) in [5, 5.41) is 2.83. The quantitative estimate of drug-likeness (QED) is 0.869. The topological polar surface area (TPSA) is 84.9 Å². The van der Waals surface area contributed by atoms with Crippen LogP contribution in [0.5, 0.6) is 11.5 Å². The van der Waals surface area contributed by atoms with Crippen LogP contribution in [0, 0.1) is 6.92 Å². The maximum atomic E-state index is 13.4. The van der Waals surface area contributed by atoms with Crippen LogP contribution in [0.15, 0.2) is 17.0 Å². The van der Waals surface area contributed by atoms with Gasteiger partial charge in [0.1, 0.15) is 21.9 Å². The summed E-state index contributed by atoms with van der Waals surface area (Å²) < 4.78 is 38.8. The van der Waals surface area contributed by atoms with Crippen molar-refractivity contribution in [3.8, 4) is 11.5 Å². The number of nitrogens with zero attached hydrogens (tertiary/aromatic N) is 1. The lowest BCUT2D eigenvalue weighted by Gasteiger charge is -2.39. The molecule has 25 heavy (non-hydrogen) atoms. The van der Waals surface area contributed by atoms with Crippen molar-refractivity contribution >= 4 is 15.9 Å². The molecule has 1 N–H and O–H groups in total. The maximum Gasteiger partial charge on any atom is 0.247 e. The number of benzene rings is 1. The van der Waals surface area contributed by atoms with Gasteiger partial charge in [0.2, 0.25) is 15.9 Å². The molecule has 1 spiro atoms. The second-order valence-electron chi connectivity index (χ2n) is 6.54. The summed E-state index contributed by atoms with van der Waals surface area (Å²) in [5.41, 5.74) is -0.204. The van der Waals surface area contributed by atoms with E-state index in [-0.39, 0.29) is 16.6 Å². The van der Waals surface area contributed by atoms with Crippen LogP contribution in [-0.4, -0.2) is 51.5 Å². The predicted octanol–water partition coefficient (Wildman–Crippen LogP) is 1.45. The van der Waals surface area contributed by atoms with E-state index in [0.29, 0.717) is 38.1 Å². The first-order chi connectivity index (χ1) is 11.9. The minimum atomic E-state index is -3.90. The van der Waals surface area contributed by atoms with Crippen LogP contribution in [0.4, 0.5) is 0 Å². The Bertz CT molecular complexity index is 792. The molecule has 0 aromatic heterocycles. The van der Waals surface area contributed by atoms with E-state index in [9.17, 15) is 13.2 Å². The zero-order chi connectivity index (χ0) is 18.2. The SMILES string of the molecule is COc1cc(S(=O)(=O)N2CCCC23CCCNC3=O)c(OC)cc1C. The van der Waals surface area contributed by atoms with Crippen molar-refractivity contribution in [2.75, 3.05) is 27.3 Å². The monoisotopic (exact) mass is 368 g/mol. The van der Waals surface area contributed by atoms with Crippen LogP contribution < -0.4 is 14.8 Å². The second-order valence-corrected chi connectivity index (χ2v) is 8.38. The first-order valence-electron chi connectivity index (χ1n) is 8.40. The lowest BCUT2D eigenvalue weighted by atomic mass is 9.88. The highest BCUT2D eigenvalue weighted by molar-refractivity contribution is 7.89. The third-order valence-corrected chi connectivity index (χ3v) is 7.14. The van der Waals surface area contributed by atoms with Gasteiger partial charge in [0.25, 0.3) is 0 Å². The van der Waals surface area contributed by atoms with Crippen molar-refractivity contribution in [3.05, 3.63) is 17.7 Å². The Morgan fingerprint density at radius 3 is 2.44 bits per heavy atom. The van der Waals surface area contributed by atoms with Crippen LogP contribution >= 0.6 is 0 Å². The van der Waals surface area contributed by atoms with Gasteiger partial charge in [0, 0.05) is 19.2 Å². The zero-order valence-corrected chi connectivity index (χ0v) is 15.6. The molecule has 3 rings (SSSR count). The predicted molar refractivity (Wildman–Crippen MR) is 92.4 cm³/mol. The largest absolute Gasteiger partial charge is 0.496 e. The van der Waals surface area contributed by atoms with Crippen molar-refractivity contribution in [2.24, 2.45) is 0 Å². The Morgan fingerprint density at radius 2 is 1.80 bits per heavy atom. The number of methoxy groups -OCH3 is 2. The first kappa shape index (κ1) is 18.0. The van der Waals surface area contributed by atoms with E-state index >= 15 is 0 Å². The van der Waals surface area contributed by atoms with Gasteiger partial charge in [-0.3, -0.25) is 4.79 Å². The highest BCUT2D eigenvalue weighted by Crippen LogP contribution is 2.42. The fraction of sp³-hybridized carbons (Fsp3) is 0.588. The van der Waals surface area contributed by atoms with Crippen molar-refractivity contribution < 1.29 is 22.7 Å². The van der Waals surface area contributed by atoms with Crippen LogP contribution in [0.25, 0.3) is 0 Å². The number of hydrogen-bond acceptors (Lipinski definition) is 5. The minimum absolute atomic E-state index is 0.0390. The number of nitrogens with one attached hydrogen (secondary N) is 1. The summed E-state index contributed by atoms with van der Waals surface area (Å²) in [6.07, 6.45) is 2.52. The number of hydrogen-bond donors (Lipinski definition) is 1. The van der Waals surface area contributed by atoms with Crippen molar-refractivity contribution in [2.45, 2.75) is 43.0 Å². The molecule has 2 fully saturated rings. The zero-order valence-electron chi connectivity index (χ0n) is 14.8. The summed E-state index contributed by atoms with van der Waals surface area (Å²) in [6.45, 7) is 2.74. The fourth-order valence-corrected chi connectivity index (χ4v) is 5.87. The maximum absolute atomic E-state index is 13.4. The van der Waals surface area contributed by atoms with Gasteiger partial charge in [-0.15, -0.1) is 0 Å². The molecular formula is C17H24N2O5S. The van der Waals surface area contributed by atoms with E-state index in [1.165, 1.54) is 24.6 Å². The van der Waals surface area contributed by atoms with E-state index in [4.69, 9.17) is 9.47 Å². The van der Waals surface area contributed by atoms with E-state index < -0.39 is 15.6 Å². The van der Waals surface area contributed by atoms with Gasteiger partial charge in [-0.25, -0.2) is 8.42 Å². The van der Waals surface area contributed by atoms with E-state index in [0.717, 1.165) is 12.0 Å². The fourth-order valence-electron chi connectivity index (χ4n) is 3.88. The van der Waals surface area contributed by atoms with E-state index in [2.05, 4.69) is 5.32 Å². The highest BCUT2D eigenvalue weighted by Gasteiger charge is 2.54. The molecule has 2 aliphatic rings. The number of sulfonamides is 1. The van der Waals surface area contributed by atoms with Crippen molar-refractivity contribution in [3.63, 3.8) is 0 Å². The number of carbonyl (C=O) groups excluding carboxylic acids is 1. The number of carbonyl (C=O) groups is 1. The summed E-state index contributed by atoms with van der Waals surface area (Å²) in [7, 11) is -0.969. The van der Waals surface area contributed by atoms with Gasteiger partial charge in [-0.1, -0.05) is 0 Å². The highest BCUT2D eigenvalue weighted by atomic mass is 32.2. The Labute approximate surface area is 148 Å². The molecule has 0 aliphatic carbocycles. The summed E-state index contributed by atoms with van der Waals surface area (Å²) in [6, 6.07) is 3.13. The third kappa shape index (κ3) is 2.77. The molecule has 1 amide bonds. The Morgan fingerprint density at radius 1 is 1.12 bits per heavy atom. The van der Waals surface area contributed by atoms with Crippen LogP contribution in [-0.2, 0) is 14.8 Å². The molecule has 8 heteroatoms. The molecular weight excluding hydrogens is 344 g/mol. The van der Waals surface area contributed by atoms with E-state index in [1.807, 2.05) is 6.92 Å². The van der Waals surface area contributed by atoms with Gasteiger partial charge in [-0.2, -0.15) is 4.31 Å². The van der Waals surface area contributed by atoms with E-state index in [1.54, 1.807) is 6.07 Å². The van der Waals surface area contributed by atoms with Crippen LogP contribution in [0.2, 0.25) is 0 Å². The Hall–Kier alpha value is -1.80. The molecule has 0 saturated carbocycles. The average molecular weight is 368 g/mol. The van der Waals surface area contributed by atoms with Gasteiger partial charge in [0.15, 0.2) is 0 Å². The molecule has 1 aromatic rings. The number of piperidine rings is 1. The van der Waals surface area contributed by atoms with Crippen molar-refractivity contribution in [1.82, 2.24) is 9.62 Å². The lowest BCUT2D eigenvalue weighted by Crippen LogP contribution is -2.60. The minimum Gasteiger partial charge on any atom is -0.496 e. The average Bonchev–Trinajstić information content (AvgIpc) is 3.02. The smallest absolute Gasteiger partial charge is 0.247 e. The van der Waals surface area contributed by atoms with Gasteiger partial charge >= 0.3 is 0 Å². The normalized spacial score (nSPS) is 24.4. The summed E-state index contributed by atoms with van der Waals surface area (Å²) in [4.78, 5) is 12.6. The molecule has 1 unspecified atom stereocenters. The number of amides is 1. The Balaban J connectivity index is 2.11. The molecule has 2 heterocycles. The molecule has 0 bridgehead atoms. The molecule has 138 valence electrons. The van der Waals surface area contributed by atoms with Gasteiger partial charge < -0.3 is 14.8 Å². The lowest BCUT2D eigenvalue weighted by molar-refractivity contribution is -0.131. The first-order valence-corrected chi connectivity index (χ1v) is 9.84. The second kappa shape index (κ2) is 6.49.